The standard InChI is InChI=1S/C16H19N3O3S2/c1-12-11-17-16(23-12)18-15(20)13-6-5-7-14(10-13)24(21,22)19-8-3-2-4-9-19/h5-7,10-11H,2-4,8-9H2,1H3,(H,17,18,20). The summed E-state index contributed by atoms with van der Waals surface area (Å²) in [6, 6.07) is 6.16. The first-order valence-electron chi connectivity index (χ1n) is 7.81. The number of hydrogen-bond acceptors (Lipinski definition) is 5. The van der Waals surface area contributed by atoms with Gasteiger partial charge in [-0.3, -0.25) is 10.1 Å². The summed E-state index contributed by atoms with van der Waals surface area (Å²) >= 11 is 1.37. The van der Waals surface area contributed by atoms with E-state index in [-0.39, 0.29) is 10.8 Å². The van der Waals surface area contributed by atoms with Crippen molar-refractivity contribution in [2.75, 3.05) is 18.4 Å². The Kier molecular flexibility index (Phi) is 4.98. The van der Waals surface area contributed by atoms with Gasteiger partial charge in [-0.25, -0.2) is 13.4 Å². The van der Waals surface area contributed by atoms with E-state index in [0.717, 1.165) is 24.1 Å². The van der Waals surface area contributed by atoms with Gasteiger partial charge in [0.15, 0.2) is 5.13 Å². The second-order valence-electron chi connectivity index (χ2n) is 5.72. The lowest BCUT2D eigenvalue weighted by molar-refractivity contribution is 0.102. The van der Waals surface area contributed by atoms with Gasteiger partial charge in [0.05, 0.1) is 4.90 Å². The number of hydrogen-bond donors (Lipinski definition) is 1. The molecule has 1 aromatic heterocycles. The van der Waals surface area contributed by atoms with Gasteiger partial charge in [-0.15, -0.1) is 11.3 Å². The third kappa shape index (κ3) is 3.66. The molecule has 128 valence electrons. The van der Waals surface area contributed by atoms with Crippen molar-refractivity contribution in [3.8, 4) is 0 Å². The van der Waals surface area contributed by atoms with Crippen LogP contribution in [0, 0.1) is 6.92 Å². The van der Waals surface area contributed by atoms with Crippen LogP contribution in [0.3, 0.4) is 0 Å². The molecule has 1 aromatic carbocycles. The fourth-order valence-corrected chi connectivity index (χ4v) is 4.86. The molecule has 0 unspecified atom stereocenters. The van der Waals surface area contributed by atoms with Crippen LogP contribution in [0.1, 0.15) is 34.5 Å². The molecule has 2 aromatic rings. The van der Waals surface area contributed by atoms with Gasteiger partial charge < -0.3 is 0 Å². The number of nitrogens with zero attached hydrogens (tertiary/aromatic N) is 2. The van der Waals surface area contributed by atoms with Crippen LogP contribution in [-0.2, 0) is 10.0 Å². The molecule has 0 spiro atoms. The van der Waals surface area contributed by atoms with Crippen molar-refractivity contribution in [2.45, 2.75) is 31.1 Å². The molecule has 0 atom stereocenters. The van der Waals surface area contributed by atoms with Crippen LogP contribution in [0.15, 0.2) is 35.4 Å². The highest BCUT2D eigenvalue weighted by Crippen LogP contribution is 2.22. The topological polar surface area (TPSA) is 79.4 Å². The largest absolute Gasteiger partial charge is 0.298 e. The minimum atomic E-state index is -3.55. The maximum absolute atomic E-state index is 12.7. The SMILES string of the molecule is Cc1cnc(NC(=O)c2cccc(S(=O)(=O)N3CCCCC3)c2)s1. The monoisotopic (exact) mass is 365 g/mol. The Labute approximate surface area is 145 Å². The van der Waals surface area contributed by atoms with Crippen LogP contribution in [0.25, 0.3) is 0 Å². The van der Waals surface area contributed by atoms with E-state index in [4.69, 9.17) is 0 Å². The first-order valence-corrected chi connectivity index (χ1v) is 10.1. The van der Waals surface area contributed by atoms with E-state index in [9.17, 15) is 13.2 Å². The number of benzene rings is 1. The minimum Gasteiger partial charge on any atom is -0.298 e. The molecule has 3 rings (SSSR count). The number of carbonyl (C=O) groups excluding carboxylic acids is 1. The van der Waals surface area contributed by atoms with Crippen LogP contribution >= 0.6 is 11.3 Å². The molecule has 1 aliphatic rings. The van der Waals surface area contributed by atoms with Gasteiger partial charge in [0.1, 0.15) is 0 Å². The van der Waals surface area contributed by atoms with E-state index < -0.39 is 10.0 Å². The van der Waals surface area contributed by atoms with Gasteiger partial charge in [0.25, 0.3) is 5.91 Å². The van der Waals surface area contributed by atoms with E-state index in [1.54, 1.807) is 18.3 Å². The molecule has 0 saturated carbocycles. The molecule has 0 aliphatic carbocycles. The van der Waals surface area contributed by atoms with Crippen molar-refractivity contribution in [3.63, 3.8) is 0 Å². The Morgan fingerprint density at radius 1 is 1.25 bits per heavy atom. The Balaban J connectivity index is 1.81. The van der Waals surface area contributed by atoms with Crippen LogP contribution in [-0.4, -0.2) is 36.7 Å². The lowest BCUT2D eigenvalue weighted by Gasteiger charge is -2.26. The molecule has 24 heavy (non-hydrogen) atoms. The molecule has 6 nitrogen and oxygen atoms in total. The summed E-state index contributed by atoms with van der Waals surface area (Å²) in [5.74, 6) is -0.361. The summed E-state index contributed by atoms with van der Waals surface area (Å²) in [6.45, 7) is 2.98. The van der Waals surface area contributed by atoms with Crippen molar-refractivity contribution in [1.29, 1.82) is 0 Å². The highest BCUT2D eigenvalue weighted by atomic mass is 32.2. The van der Waals surface area contributed by atoms with E-state index >= 15 is 0 Å². The van der Waals surface area contributed by atoms with Gasteiger partial charge in [-0.05, 0) is 38.0 Å². The van der Waals surface area contributed by atoms with Gasteiger partial charge in [0.2, 0.25) is 10.0 Å². The summed E-state index contributed by atoms with van der Waals surface area (Å²) in [6.07, 6.45) is 4.49. The highest BCUT2D eigenvalue weighted by Gasteiger charge is 2.26. The number of amides is 1. The maximum atomic E-state index is 12.7. The van der Waals surface area contributed by atoms with Gasteiger partial charge in [-0.2, -0.15) is 4.31 Å². The lowest BCUT2D eigenvalue weighted by Crippen LogP contribution is -2.35. The Hall–Kier alpha value is -1.77. The molecule has 1 aliphatic heterocycles. The zero-order chi connectivity index (χ0) is 17.2. The van der Waals surface area contributed by atoms with Crippen molar-refractivity contribution >= 4 is 32.4 Å². The van der Waals surface area contributed by atoms with Crippen molar-refractivity contribution < 1.29 is 13.2 Å². The van der Waals surface area contributed by atoms with Gasteiger partial charge in [-0.1, -0.05) is 12.5 Å². The van der Waals surface area contributed by atoms with E-state index in [1.165, 1.54) is 27.8 Å². The van der Waals surface area contributed by atoms with Crippen molar-refractivity contribution in [3.05, 3.63) is 40.9 Å². The Morgan fingerprint density at radius 2 is 2.00 bits per heavy atom. The third-order valence-corrected chi connectivity index (χ3v) is 6.61. The number of thiazole rings is 1. The molecule has 1 fully saturated rings. The van der Waals surface area contributed by atoms with E-state index in [0.29, 0.717) is 23.8 Å². The molecule has 0 bridgehead atoms. The second-order valence-corrected chi connectivity index (χ2v) is 8.90. The predicted molar refractivity (Wildman–Crippen MR) is 93.9 cm³/mol. The first kappa shape index (κ1) is 17.1. The molecule has 1 N–H and O–H groups in total. The number of rotatable bonds is 4. The minimum absolute atomic E-state index is 0.160. The number of nitrogens with one attached hydrogen (secondary N) is 1. The van der Waals surface area contributed by atoms with Crippen LogP contribution in [0.2, 0.25) is 0 Å². The van der Waals surface area contributed by atoms with E-state index in [2.05, 4.69) is 10.3 Å². The highest BCUT2D eigenvalue weighted by molar-refractivity contribution is 7.89. The third-order valence-electron chi connectivity index (χ3n) is 3.89. The number of piperidine rings is 1. The first-order chi connectivity index (χ1) is 11.5. The summed E-state index contributed by atoms with van der Waals surface area (Å²) in [7, 11) is -3.55. The summed E-state index contributed by atoms with van der Waals surface area (Å²) in [4.78, 5) is 17.6. The maximum Gasteiger partial charge on any atom is 0.257 e. The summed E-state index contributed by atoms with van der Waals surface area (Å²) in [5, 5.41) is 3.20. The molecule has 2 heterocycles. The summed E-state index contributed by atoms with van der Waals surface area (Å²) < 4.78 is 26.9. The molecule has 1 amide bonds. The predicted octanol–water partition coefficient (Wildman–Crippen LogP) is 2.88. The van der Waals surface area contributed by atoms with Gasteiger partial charge in [0, 0.05) is 29.7 Å². The zero-order valence-corrected chi connectivity index (χ0v) is 15.0. The number of aromatic nitrogens is 1. The average Bonchev–Trinajstić information content (AvgIpc) is 3.00. The molecular weight excluding hydrogens is 346 g/mol. The molecule has 1 saturated heterocycles. The van der Waals surface area contributed by atoms with Crippen LogP contribution < -0.4 is 5.32 Å². The molecular formula is C16H19N3O3S2. The smallest absolute Gasteiger partial charge is 0.257 e. The normalized spacial score (nSPS) is 16.0. The van der Waals surface area contributed by atoms with Gasteiger partial charge >= 0.3 is 0 Å². The number of aryl methyl sites for hydroxylation is 1. The number of carbonyl (C=O) groups is 1. The Morgan fingerprint density at radius 3 is 2.67 bits per heavy atom. The summed E-state index contributed by atoms with van der Waals surface area (Å²) in [5.41, 5.74) is 0.306. The van der Waals surface area contributed by atoms with E-state index in [1.807, 2.05) is 6.92 Å². The van der Waals surface area contributed by atoms with Crippen molar-refractivity contribution in [2.24, 2.45) is 0 Å². The molecule has 0 radical (unpaired) electrons. The lowest BCUT2D eigenvalue weighted by atomic mass is 10.2. The van der Waals surface area contributed by atoms with Crippen molar-refractivity contribution in [1.82, 2.24) is 9.29 Å². The molecule has 8 heteroatoms. The average molecular weight is 365 g/mol. The quantitative estimate of drug-likeness (QED) is 0.903. The fraction of sp³-hybridized carbons (Fsp3) is 0.375. The second kappa shape index (κ2) is 7.00. The zero-order valence-electron chi connectivity index (χ0n) is 13.4. The number of sulfonamides is 1. The number of anilines is 1. The van der Waals surface area contributed by atoms with Crippen LogP contribution in [0.5, 0.6) is 0 Å². The fourth-order valence-electron chi connectivity index (χ4n) is 2.63. The van der Waals surface area contributed by atoms with Crippen LogP contribution in [0.4, 0.5) is 5.13 Å². The Bertz CT molecular complexity index is 840.